The van der Waals surface area contributed by atoms with Crippen molar-refractivity contribution >= 4 is 5.97 Å². The number of benzene rings is 1. The molecule has 1 saturated carbocycles. The Labute approximate surface area is 114 Å². The van der Waals surface area contributed by atoms with Crippen molar-refractivity contribution in [1.82, 2.24) is 0 Å². The third kappa shape index (κ3) is 3.65. The van der Waals surface area contributed by atoms with E-state index in [1.165, 1.54) is 6.07 Å². The molecule has 0 spiro atoms. The van der Waals surface area contributed by atoms with E-state index in [-0.39, 0.29) is 23.8 Å². The highest BCUT2D eigenvalue weighted by molar-refractivity contribution is 5.90. The molecule has 20 heavy (non-hydrogen) atoms. The van der Waals surface area contributed by atoms with Crippen LogP contribution < -0.4 is 4.74 Å². The van der Waals surface area contributed by atoms with Gasteiger partial charge < -0.3 is 9.47 Å². The van der Waals surface area contributed by atoms with Gasteiger partial charge in [0.2, 0.25) is 0 Å². The second-order valence-electron chi connectivity index (χ2n) is 4.69. The van der Waals surface area contributed by atoms with Gasteiger partial charge in [0.05, 0.1) is 12.2 Å². The van der Waals surface area contributed by atoms with Crippen molar-refractivity contribution in [3.63, 3.8) is 0 Å². The Bertz CT molecular complexity index is 493. The van der Waals surface area contributed by atoms with Crippen LogP contribution in [0.3, 0.4) is 0 Å². The number of hydrogen-bond acceptors (Lipinski definition) is 3. The third-order valence-electron chi connectivity index (χ3n) is 3.25. The number of hydrogen-bond donors (Lipinski definition) is 0. The number of rotatable bonds is 4. The van der Waals surface area contributed by atoms with E-state index in [0.717, 1.165) is 25.3 Å². The van der Waals surface area contributed by atoms with Crippen LogP contribution in [0.15, 0.2) is 18.2 Å². The summed E-state index contributed by atoms with van der Waals surface area (Å²) in [6.45, 7) is 1.81. The number of carbonyl (C=O) groups is 1. The molecule has 1 aliphatic carbocycles. The highest BCUT2D eigenvalue weighted by Crippen LogP contribution is 2.38. The van der Waals surface area contributed by atoms with Crippen LogP contribution in [0.25, 0.3) is 0 Å². The highest BCUT2D eigenvalue weighted by atomic mass is 19.4. The average molecular weight is 288 g/mol. The van der Waals surface area contributed by atoms with E-state index in [0.29, 0.717) is 5.56 Å². The van der Waals surface area contributed by atoms with E-state index in [4.69, 9.17) is 4.74 Å². The lowest BCUT2D eigenvalue weighted by Gasteiger charge is -2.26. The zero-order chi connectivity index (χ0) is 14.8. The summed E-state index contributed by atoms with van der Waals surface area (Å²) in [5.41, 5.74) is 0.788. The Morgan fingerprint density at radius 3 is 2.50 bits per heavy atom. The van der Waals surface area contributed by atoms with Crippen molar-refractivity contribution in [2.24, 2.45) is 0 Å². The number of carbonyl (C=O) groups excluding carboxylic acids is 1. The Morgan fingerprint density at radius 2 is 2.00 bits per heavy atom. The fourth-order valence-electron chi connectivity index (χ4n) is 2.12. The normalized spacial score (nSPS) is 15.6. The van der Waals surface area contributed by atoms with Crippen LogP contribution in [0.1, 0.15) is 48.0 Å². The minimum Gasteiger partial charge on any atom is -0.462 e. The molecule has 6 heteroatoms. The Kier molecular flexibility index (Phi) is 4.20. The standard InChI is InChI=1S/C14H15F3O3/c1-2-19-13(18)11-6-10(9-4-3-5-9)7-12(8-11)20-14(15,16)17/h6-9H,2-5H2,1H3. The van der Waals surface area contributed by atoms with Gasteiger partial charge in [0.15, 0.2) is 0 Å². The van der Waals surface area contributed by atoms with Gasteiger partial charge in [-0.15, -0.1) is 13.2 Å². The summed E-state index contributed by atoms with van der Waals surface area (Å²) in [6.07, 6.45) is -1.90. The first-order valence-electron chi connectivity index (χ1n) is 6.47. The van der Waals surface area contributed by atoms with Crippen molar-refractivity contribution in [3.05, 3.63) is 29.3 Å². The lowest BCUT2D eigenvalue weighted by molar-refractivity contribution is -0.274. The Morgan fingerprint density at radius 1 is 1.30 bits per heavy atom. The average Bonchev–Trinajstić information content (AvgIpc) is 2.24. The van der Waals surface area contributed by atoms with E-state index in [2.05, 4.69) is 4.74 Å². The lowest BCUT2D eigenvalue weighted by atomic mass is 9.79. The van der Waals surface area contributed by atoms with Crippen molar-refractivity contribution in [2.75, 3.05) is 6.61 Å². The molecule has 0 atom stereocenters. The molecule has 0 bridgehead atoms. The maximum Gasteiger partial charge on any atom is 0.573 e. The van der Waals surface area contributed by atoms with Gasteiger partial charge in [-0.25, -0.2) is 4.79 Å². The summed E-state index contributed by atoms with van der Waals surface area (Å²) in [5.74, 6) is -0.814. The second-order valence-corrected chi connectivity index (χ2v) is 4.69. The summed E-state index contributed by atoms with van der Waals surface area (Å²) < 4.78 is 45.7. The first-order valence-corrected chi connectivity index (χ1v) is 6.47. The van der Waals surface area contributed by atoms with Gasteiger partial charge in [0.25, 0.3) is 0 Å². The fourth-order valence-corrected chi connectivity index (χ4v) is 2.12. The van der Waals surface area contributed by atoms with Gasteiger partial charge >= 0.3 is 12.3 Å². The van der Waals surface area contributed by atoms with Crippen molar-refractivity contribution < 1.29 is 27.4 Å². The van der Waals surface area contributed by atoms with Crippen molar-refractivity contribution in [2.45, 2.75) is 38.5 Å². The zero-order valence-corrected chi connectivity index (χ0v) is 11.0. The van der Waals surface area contributed by atoms with Crippen LogP contribution in [0.4, 0.5) is 13.2 Å². The van der Waals surface area contributed by atoms with Gasteiger partial charge in [-0.2, -0.15) is 0 Å². The minimum absolute atomic E-state index is 0.0931. The fraction of sp³-hybridized carbons (Fsp3) is 0.500. The van der Waals surface area contributed by atoms with Crippen molar-refractivity contribution in [1.29, 1.82) is 0 Å². The molecule has 0 N–H and O–H groups in total. The van der Waals surface area contributed by atoms with E-state index >= 15 is 0 Å². The van der Waals surface area contributed by atoms with Crippen LogP contribution in [0, 0.1) is 0 Å². The highest BCUT2D eigenvalue weighted by Gasteiger charge is 2.32. The first kappa shape index (κ1) is 14.7. The molecular formula is C14H15F3O3. The molecule has 110 valence electrons. The van der Waals surface area contributed by atoms with Crippen LogP contribution in [-0.4, -0.2) is 18.9 Å². The Balaban J connectivity index is 2.30. The topological polar surface area (TPSA) is 35.5 Å². The minimum atomic E-state index is -4.77. The largest absolute Gasteiger partial charge is 0.573 e. The first-order chi connectivity index (χ1) is 9.39. The molecule has 0 amide bonds. The van der Waals surface area contributed by atoms with Gasteiger partial charge in [-0.05, 0) is 49.4 Å². The van der Waals surface area contributed by atoms with E-state index in [9.17, 15) is 18.0 Å². The summed E-state index contributed by atoms with van der Waals surface area (Å²) in [5, 5.41) is 0. The van der Waals surface area contributed by atoms with E-state index in [1.807, 2.05) is 0 Å². The summed E-state index contributed by atoms with van der Waals surface area (Å²) >= 11 is 0. The summed E-state index contributed by atoms with van der Waals surface area (Å²) in [6, 6.07) is 4.00. The SMILES string of the molecule is CCOC(=O)c1cc(OC(F)(F)F)cc(C2CCC2)c1. The second kappa shape index (κ2) is 5.73. The van der Waals surface area contributed by atoms with Gasteiger partial charge in [0.1, 0.15) is 5.75 Å². The van der Waals surface area contributed by atoms with Crippen molar-refractivity contribution in [3.8, 4) is 5.75 Å². The summed E-state index contributed by atoms with van der Waals surface area (Å²) in [4.78, 5) is 11.7. The predicted molar refractivity (Wildman–Crippen MR) is 65.7 cm³/mol. The molecule has 0 saturated heterocycles. The quantitative estimate of drug-likeness (QED) is 0.785. The van der Waals surface area contributed by atoms with Crippen LogP contribution in [0.5, 0.6) is 5.75 Å². The number of ether oxygens (including phenoxy) is 2. The monoisotopic (exact) mass is 288 g/mol. The molecule has 3 nitrogen and oxygen atoms in total. The van der Waals surface area contributed by atoms with Gasteiger partial charge in [-0.1, -0.05) is 6.42 Å². The molecule has 1 aliphatic rings. The van der Waals surface area contributed by atoms with Gasteiger partial charge in [0, 0.05) is 0 Å². The molecule has 0 aromatic heterocycles. The Hall–Kier alpha value is -1.72. The van der Waals surface area contributed by atoms with Crippen LogP contribution in [-0.2, 0) is 4.74 Å². The molecule has 0 radical (unpaired) electrons. The molecule has 2 rings (SSSR count). The lowest BCUT2D eigenvalue weighted by Crippen LogP contribution is -2.18. The van der Waals surface area contributed by atoms with E-state index < -0.39 is 12.3 Å². The third-order valence-corrected chi connectivity index (χ3v) is 3.25. The number of esters is 1. The molecule has 1 aromatic rings. The summed E-state index contributed by atoms with van der Waals surface area (Å²) in [7, 11) is 0. The number of alkyl halides is 3. The maximum absolute atomic E-state index is 12.3. The predicted octanol–water partition coefficient (Wildman–Crippen LogP) is 4.03. The molecule has 1 aromatic carbocycles. The van der Waals surface area contributed by atoms with Crippen LogP contribution >= 0.6 is 0 Å². The van der Waals surface area contributed by atoms with E-state index in [1.54, 1.807) is 13.0 Å². The maximum atomic E-state index is 12.3. The molecule has 0 unspecified atom stereocenters. The zero-order valence-electron chi connectivity index (χ0n) is 11.0. The molecule has 1 fully saturated rings. The molecule has 0 aliphatic heterocycles. The van der Waals surface area contributed by atoms with Gasteiger partial charge in [-0.3, -0.25) is 0 Å². The number of halogens is 3. The smallest absolute Gasteiger partial charge is 0.462 e. The molecular weight excluding hydrogens is 273 g/mol. The van der Waals surface area contributed by atoms with Crippen LogP contribution in [0.2, 0.25) is 0 Å². The molecule has 0 heterocycles.